The second kappa shape index (κ2) is 15.4. The molecule has 4 atom stereocenters. The van der Waals surface area contributed by atoms with Crippen molar-refractivity contribution in [1.29, 1.82) is 0 Å². The van der Waals surface area contributed by atoms with E-state index in [0.29, 0.717) is 61.9 Å². The van der Waals surface area contributed by atoms with Crippen LogP contribution in [0.15, 0.2) is 54.6 Å². The Bertz CT molecular complexity index is 2130. The molecule has 1 amide bonds. The van der Waals surface area contributed by atoms with Gasteiger partial charge in [-0.25, -0.2) is 4.39 Å². The van der Waals surface area contributed by atoms with E-state index in [2.05, 4.69) is 5.32 Å². The van der Waals surface area contributed by atoms with Crippen LogP contribution < -0.4 is 38.5 Å². The van der Waals surface area contributed by atoms with Crippen molar-refractivity contribution >= 4 is 23.5 Å². The lowest BCUT2D eigenvalue weighted by Gasteiger charge is -2.39. The molecule has 1 saturated heterocycles. The van der Waals surface area contributed by atoms with E-state index in [-0.39, 0.29) is 42.8 Å². The third-order valence-corrected chi connectivity index (χ3v) is 10.3. The minimum atomic E-state index is -0.796. The number of amides is 1. The first-order chi connectivity index (χ1) is 26.7. The molecule has 7 rings (SSSR count). The van der Waals surface area contributed by atoms with Crippen LogP contribution in [-0.4, -0.2) is 71.0 Å². The van der Waals surface area contributed by atoms with Crippen molar-refractivity contribution in [3.05, 3.63) is 99.4 Å². The number of aliphatic hydroxyl groups excluding tert-OH is 2. The maximum atomic E-state index is 15.0. The Balaban J connectivity index is 1.39. The van der Waals surface area contributed by atoms with Crippen LogP contribution in [-0.2, 0) is 27.5 Å². The van der Waals surface area contributed by atoms with Crippen LogP contribution in [0.4, 0.5) is 4.39 Å². The number of carbonyl (C=O) groups is 2. The number of aliphatic hydroxyl groups is 2. The Hall–Kier alpha value is -5.99. The fraction of sp³-hybridized carbons (Fsp3) is 0.317. The summed E-state index contributed by atoms with van der Waals surface area (Å²) in [6.07, 6.45) is 1.51. The second-order valence-electron chi connectivity index (χ2n) is 13.1. The van der Waals surface area contributed by atoms with Gasteiger partial charge in [0, 0.05) is 28.5 Å². The smallest absolute Gasteiger partial charge is 0.310 e. The van der Waals surface area contributed by atoms with Crippen molar-refractivity contribution in [2.24, 2.45) is 11.8 Å². The molecule has 0 unspecified atom stereocenters. The first-order valence-electron chi connectivity index (χ1n) is 17.4. The summed E-state index contributed by atoms with van der Waals surface area (Å²) in [5.74, 6) is -1.41. The van der Waals surface area contributed by atoms with E-state index in [1.165, 1.54) is 53.8 Å². The number of ether oxygens (including phenoxy) is 8. The van der Waals surface area contributed by atoms with Gasteiger partial charge in [0.2, 0.25) is 6.79 Å². The van der Waals surface area contributed by atoms with Crippen molar-refractivity contribution in [2.45, 2.75) is 25.2 Å². The first kappa shape index (κ1) is 37.3. The summed E-state index contributed by atoms with van der Waals surface area (Å²) in [4.78, 5) is 28.6. The Labute approximate surface area is 316 Å². The predicted octanol–water partition coefficient (Wildman–Crippen LogP) is 4.91. The Morgan fingerprint density at radius 2 is 1.44 bits per heavy atom. The highest BCUT2D eigenvalue weighted by molar-refractivity contribution is 6.24. The van der Waals surface area contributed by atoms with Crippen LogP contribution in [0, 0.1) is 17.7 Å². The summed E-state index contributed by atoms with van der Waals surface area (Å²) in [6.45, 7) is -0.807. The molecule has 288 valence electrons. The predicted molar refractivity (Wildman–Crippen MR) is 195 cm³/mol. The van der Waals surface area contributed by atoms with Crippen LogP contribution >= 0.6 is 0 Å². The summed E-state index contributed by atoms with van der Waals surface area (Å²) in [5.41, 5.74) is 3.57. The standard InChI is InChI=1S/C41H40FNO12/c1-48-30-7-6-20(9-29(30)42)8-25(21-10-23(16-44)38(51-4)33(12-21)49-2)40(46)43-37-27-15-32-31(54-19-55-32)14-26(27)35(36-28(37)18-53-41(36)47)22-11-24(17-45)39(52-5)34(13-22)50-3/h6-15,28,35-37,44-45H,16-19H2,1-5H3,(H,43,46)/b25-8+/t28-,35+,36-,37+/m0/s1. The lowest BCUT2D eigenvalue weighted by atomic mass is 9.65. The highest BCUT2D eigenvalue weighted by Crippen LogP contribution is 2.55. The Morgan fingerprint density at radius 3 is 2.05 bits per heavy atom. The number of hydrogen-bond acceptors (Lipinski definition) is 12. The number of benzene rings is 4. The lowest BCUT2D eigenvalue weighted by molar-refractivity contribution is -0.141. The zero-order valence-electron chi connectivity index (χ0n) is 30.8. The number of fused-ring (bicyclic) bond motifs is 3. The monoisotopic (exact) mass is 757 g/mol. The average Bonchev–Trinajstić information content (AvgIpc) is 3.83. The van der Waals surface area contributed by atoms with Crippen molar-refractivity contribution in [1.82, 2.24) is 5.32 Å². The van der Waals surface area contributed by atoms with Gasteiger partial charge in [0.05, 0.1) is 67.3 Å². The molecule has 0 spiro atoms. The number of esters is 1. The molecule has 3 aliphatic rings. The van der Waals surface area contributed by atoms with Gasteiger partial charge in [0.1, 0.15) is 0 Å². The number of carbonyl (C=O) groups excluding carboxylic acids is 2. The quantitative estimate of drug-likeness (QED) is 0.102. The lowest BCUT2D eigenvalue weighted by Crippen LogP contribution is -2.43. The summed E-state index contributed by atoms with van der Waals surface area (Å²) >= 11 is 0. The average molecular weight is 758 g/mol. The van der Waals surface area contributed by atoms with Crippen LogP contribution in [0.1, 0.15) is 50.9 Å². The van der Waals surface area contributed by atoms with Gasteiger partial charge in [-0.3, -0.25) is 9.59 Å². The number of cyclic esters (lactones) is 1. The number of halogens is 1. The van der Waals surface area contributed by atoms with Crippen LogP contribution in [0.3, 0.4) is 0 Å². The van der Waals surface area contributed by atoms with E-state index in [4.69, 9.17) is 37.9 Å². The Morgan fingerprint density at radius 1 is 0.800 bits per heavy atom. The van der Waals surface area contributed by atoms with E-state index in [1.54, 1.807) is 42.5 Å². The number of nitrogens with one attached hydrogen (secondary N) is 1. The normalized spacial score (nSPS) is 19.6. The summed E-state index contributed by atoms with van der Waals surface area (Å²) in [6, 6.07) is 13.8. The van der Waals surface area contributed by atoms with Gasteiger partial charge in [0.25, 0.3) is 5.91 Å². The summed E-state index contributed by atoms with van der Waals surface area (Å²) in [7, 11) is 7.19. The molecule has 2 aliphatic heterocycles. The molecule has 2 heterocycles. The van der Waals surface area contributed by atoms with Crippen LogP contribution in [0.25, 0.3) is 11.6 Å². The number of hydrogen-bond donors (Lipinski definition) is 3. The van der Waals surface area contributed by atoms with Gasteiger partial charge >= 0.3 is 5.97 Å². The maximum Gasteiger partial charge on any atom is 0.310 e. The third kappa shape index (κ3) is 6.61. The molecule has 0 aromatic heterocycles. The van der Waals surface area contributed by atoms with E-state index in [0.717, 1.165) is 0 Å². The fourth-order valence-corrected chi connectivity index (χ4v) is 7.87. The molecule has 0 radical (unpaired) electrons. The zero-order valence-corrected chi connectivity index (χ0v) is 30.8. The molecule has 55 heavy (non-hydrogen) atoms. The van der Waals surface area contributed by atoms with E-state index in [9.17, 15) is 24.2 Å². The first-order valence-corrected chi connectivity index (χ1v) is 17.4. The van der Waals surface area contributed by atoms with Gasteiger partial charge in [-0.15, -0.1) is 0 Å². The Kier molecular flexibility index (Phi) is 10.5. The molecular weight excluding hydrogens is 717 g/mol. The SMILES string of the molecule is COc1ccc(/C=C(/C(=O)N[C@@H]2c3cc4c(cc3[C@@H](c3cc(CO)c(OC)c(OC)c3)[C@H]3C(=O)OC[C@@H]32)OCO4)c2cc(CO)c(OC)c(OC)c2)cc1F. The molecule has 13 nitrogen and oxygen atoms in total. The van der Waals surface area contributed by atoms with Crippen molar-refractivity contribution in [3.63, 3.8) is 0 Å². The number of rotatable bonds is 12. The van der Waals surface area contributed by atoms with Gasteiger partial charge < -0.3 is 53.4 Å². The minimum Gasteiger partial charge on any atom is -0.494 e. The van der Waals surface area contributed by atoms with Crippen molar-refractivity contribution in [3.8, 4) is 40.2 Å². The summed E-state index contributed by atoms with van der Waals surface area (Å²) < 4.78 is 59.6. The van der Waals surface area contributed by atoms with E-state index in [1.807, 2.05) is 0 Å². The number of methoxy groups -OCH3 is 5. The highest BCUT2D eigenvalue weighted by Gasteiger charge is 2.53. The molecule has 4 aromatic carbocycles. The summed E-state index contributed by atoms with van der Waals surface area (Å²) in [5, 5.41) is 23.8. The topological polar surface area (TPSA) is 160 Å². The van der Waals surface area contributed by atoms with Crippen LogP contribution in [0.5, 0.6) is 40.2 Å². The molecule has 1 aliphatic carbocycles. The van der Waals surface area contributed by atoms with E-state index < -0.39 is 48.1 Å². The van der Waals surface area contributed by atoms with Gasteiger partial charge in [-0.1, -0.05) is 6.07 Å². The minimum absolute atomic E-state index is 0.00721. The fourth-order valence-electron chi connectivity index (χ4n) is 7.87. The molecule has 1 fully saturated rings. The second-order valence-corrected chi connectivity index (χ2v) is 13.1. The van der Waals surface area contributed by atoms with Crippen molar-refractivity contribution < 1.29 is 62.1 Å². The molecule has 4 aromatic rings. The highest BCUT2D eigenvalue weighted by atomic mass is 19.1. The third-order valence-electron chi connectivity index (χ3n) is 10.3. The van der Waals surface area contributed by atoms with Gasteiger partial charge in [0.15, 0.2) is 46.1 Å². The van der Waals surface area contributed by atoms with E-state index >= 15 is 0 Å². The van der Waals surface area contributed by atoms with Crippen molar-refractivity contribution in [2.75, 3.05) is 48.9 Å². The largest absolute Gasteiger partial charge is 0.494 e. The van der Waals surface area contributed by atoms with Gasteiger partial charge in [-0.05, 0) is 82.4 Å². The molecule has 3 N–H and O–H groups in total. The zero-order chi connectivity index (χ0) is 39.0. The molecule has 0 bridgehead atoms. The molecule has 0 saturated carbocycles. The molecular formula is C41H40FNO12. The molecule has 14 heteroatoms. The van der Waals surface area contributed by atoms with Crippen LogP contribution in [0.2, 0.25) is 0 Å². The van der Waals surface area contributed by atoms with Gasteiger partial charge in [-0.2, -0.15) is 0 Å². The maximum absolute atomic E-state index is 15.0.